The number of hydrogen-bond acceptors (Lipinski definition) is 5. The van der Waals surface area contributed by atoms with Crippen LogP contribution in [0.1, 0.15) is 18.4 Å². The van der Waals surface area contributed by atoms with E-state index in [4.69, 9.17) is 0 Å². The van der Waals surface area contributed by atoms with Crippen molar-refractivity contribution in [3.8, 4) is 0 Å². The largest absolute Gasteiger partial charge is 0.341 e. The Morgan fingerprint density at radius 2 is 1.69 bits per heavy atom. The second-order valence-corrected chi connectivity index (χ2v) is 8.92. The molecule has 2 saturated heterocycles. The first kappa shape index (κ1) is 19.8. The van der Waals surface area contributed by atoms with Crippen molar-refractivity contribution in [3.05, 3.63) is 65.1 Å². The lowest BCUT2D eigenvalue weighted by Crippen LogP contribution is -2.40. The van der Waals surface area contributed by atoms with E-state index in [1.54, 1.807) is 22.7 Å². The summed E-state index contributed by atoms with van der Waals surface area (Å²) in [6, 6.07) is 17.7. The number of carbonyl (C=O) groups is 3. The van der Waals surface area contributed by atoms with Crippen LogP contribution in [0.2, 0.25) is 0 Å². The van der Waals surface area contributed by atoms with E-state index in [1.165, 1.54) is 0 Å². The minimum atomic E-state index is -0.396. The number of likely N-dealkylation sites (tertiary alicyclic amines) is 1. The van der Waals surface area contributed by atoms with Crippen molar-refractivity contribution < 1.29 is 14.4 Å². The highest BCUT2D eigenvalue weighted by Gasteiger charge is 2.37. The van der Waals surface area contributed by atoms with Crippen molar-refractivity contribution in [3.63, 3.8) is 0 Å². The Morgan fingerprint density at radius 3 is 2.45 bits per heavy atom. The number of nitrogens with zero attached hydrogens (tertiary/aromatic N) is 2. The van der Waals surface area contributed by atoms with Gasteiger partial charge in [-0.25, -0.2) is 0 Å². The van der Waals surface area contributed by atoms with E-state index in [1.807, 2.05) is 54.6 Å². The smallest absolute Gasteiger partial charge is 0.294 e. The van der Waals surface area contributed by atoms with E-state index in [-0.39, 0.29) is 17.7 Å². The second-order valence-electron chi connectivity index (χ2n) is 6.81. The molecule has 2 aliphatic heterocycles. The van der Waals surface area contributed by atoms with Gasteiger partial charge in [-0.1, -0.05) is 48.2 Å². The SMILES string of the molecule is O=C(CN1C(=O)S/C(=C\c2ccccc2Sc2ccccc2)C1=O)N1CCCC1. The number of amides is 3. The lowest BCUT2D eigenvalue weighted by Gasteiger charge is -2.18. The molecule has 2 aliphatic rings. The van der Waals surface area contributed by atoms with Gasteiger partial charge in [-0.2, -0.15) is 0 Å². The molecule has 2 fully saturated rings. The third-order valence-corrected chi connectivity index (χ3v) is 6.81. The van der Waals surface area contributed by atoms with Crippen molar-refractivity contribution in [2.24, 2.45) is 0 Å². The lowest BCUT2D eigenvalue weighted by molar-refractivity contribution is -0.135. The molecule has 0 atom stereocenters. The molecule has 0 unspecified atom stereocenters. The predicted molar refractivity (Wildman–Crippen MR) is 115 cm³/mol. The summed E-state index contributed by atoms with van der Waals surface area (Å²) < 4.78 is 0. The quantitative estimate of drug-likeness (QED) is 0.662. The van der Waals surface area contributed by atoms with Gasteiger partial charge in [0.1, 0.15) is 6.54 Å². The summed E-state index contributed by atoms with van der Waals surface area (Å²) in [4.78, 5) is 42.7. The highest BCUT2D eigenvalue weighted by atomic mass is 32.2. The Morgan fingerprint density at radius 1 is 1.00 bits per heavy atom. The average molecular weight is 425 g/mol. The molecular formula is C22H20N2O3S2. The van der Waals surface area contributed by atoms with Gasteiger partial charge in [0.2, 0.25) is 5.91 Å². The van der Waals surface area contributed by atoms with Gasteiger partial charge in [0.15, 0.2) is 0 Å². The highest BCUT2D eigenvalue weighted by molar-refractivity contribution is 8.18. The summed E-state index contributed by atoms with van der Waals surface area (Å²) >= 11 is 2.50. The summed E-state index contributed by atoms with van der Waals surface area (Å²) in [5.41, 5.74) is 0.873. The molecule has 0 bridgehead atoms. The van der Waals surface area contributed by atoms with E-state index in [9.17, 15) is 14.4 Å². The molecule has 29 heavy (non-hydrogen) atoms. The number of hydrogen-bond donors (Lipinski definition) is 0. The minimum absolute atomic E-state index is 0.161. The molecule has 2 aromatic rings. The maximum absolute atomic E-state index is 12.8. The molecule has 0 aliphatic carbocycles. The topological polar surface area (TPSA) is 57.7 Å². The molecule has 0 saturated carbocycles. The molecule has 0 spiro atoms. The van der Waals surface area contributed by atoms with Gasteiger partial charge >= 0.3 is 0 Å². The van der Waals surface area contributed by atoms with Crippen molar-refractivity contribution in [1.82, 2.24) is 9.80 Å². The Bertz CT molecular complexity index is 969. The number of carbonyl (C=O) groups excluding carboxylic acids is 3. The Labute approximate surface area is 178 Å². The Kier molecular flexibility index (Phi) is 6.06. The van der Waals surface area contributed by atoms with Crippen LogP contribution in [0.5, 0.6) is 0 Å². The summed E-state index contributed by atoms with van der Waals surface area (Å²) in [7, 11) is 0. The van der Waals surface area contributed by atoms with Crippen LogP contribution in [0.3, 0.4) is 0 Å². The van der Waals surface area contributed by atoms with Crippen LogP contribution in [0, 0.1) is 0 Å². The maximum atomic E-state index is 12.8. The van der Waals surface area contributed by atoms with Crippen molar-refractivity contribution >= 4 is 46.7 Å². The van der Waals surface area contributed by atoms with E-state index in [0.717, 1.165) is 44.9 Å². The number of thioether (sulfide) groups is 1. The molecule has 3 amide bonds. The second kappa shape index (κ2) is 8.88. The number of benzene rings is 2. The highest BCUT2D eigenvalue weighted by Crippen LogP contribution is 2.36. The Balaban J connectivity index is 1.52. The summed E-state index contributed by atoms with van der Waals surface area (Å²) in [5.74, 6) is -0.557. The molecule has 5 nitrogen and oxygen atoms in total. The molecular weight excluding hydrogens is 404 g/mol. The van der Waals surface area contributed by atoms with Gasteiger partial charge in [0.05, 0.1) is 4.91 Å². The number of rotatable bonds is 5. The molecule has 148 valence electrons. The normalized spacial score (nSPS) is 18.1. The average Bonchev–Trinajstić information content (AvgIpc) is 3.35. The van der Waals surface area contributed by atoms with E-state index >= 15 is 0 Å². The van der Waals surface area contributed by atoms with Crippen LogP contribution < -0.4 is 0 Å². The van der Waals surface area contributed by atoms with Crippen molar-refractivity contribution in [1.29, 1.82) is 0 Å². The lowest BCUT2D eigenvalue weighted by atomic mass is 10.2. The zero-order valence-electron chi connectivity index (χ0n) is 15.7. The Hall–Kier alpha value is -2.51. The van der Waals surface area contributed by atoms with E-state index in [0.29, 0.717) is 18.0 Å². The van der Waals surface area contributed by atoms with Gasteiger partial charge < -0.3 is 4.90 Å². The van der Waals surface area contributed by atoms with Crippen LogP contribution in [-0.4, -0.2) is 46.5 Å². The van der Waals surface area contributed by atoms with Gasteiger partial charge in [-0.05, 0) is 54.4 Å². The maximum Gasteiger partial charge on any atom is 0.294 e. The molecule has 7 heteroatoms. The van der Waals surface area contributed by atoms with Crippen LogP contribution in [-0.2, 0) is 9.59 Å². The molecule has 0 aromatic heterocycles. The third-order valence-electron chi connectivity index (χ3n) is 4.80. The summed E-state index contributed by atoms with van der Waals surface area (Å²) in [6.07, 6.45) is 3.70. The first-order valence-corrected chi connectivity index (χ1v) is 11.1. The van der Waals surface area contributed by atoms with Crippen molar-refractivity contribution in [2.45, 2.75) is 22.6 Å². The monoisotopic (exact) mass is 424 g/mol. The van der Waals surface area contributed by atoms with Crippen LogP contribution in [0.25, 0.3) is 6.08 Å². The molecule has 2 heterocycles. The zero-order chi connectivity index (χ0) is 20.2. The number of imide groups is 1. The first-order chi connectivity index (χ1) is 14.1. The van der Waals surface area contributed by atoms with Crippen LogP contribution >= 0.6 is 23.5 Å². The van der Waals surface area contributed by atoms with Crippen LogP contribution in [0.4, 0.5) is 4.79 Å². The van der Waals surface area contributed by atoms with E-state index < -0.39 is 5.91 Å². The fourth-order valence-corrected chi connectivity index (χ4v) is 5.06. The summed E-state index contributed by atoms with van der Waals surface area (Å²) in [5, 5.41) is -0.387. The van der Waals surface area contributed by atoms with Crippen LogP contribution in [0.15, 0.2) is 69.3 Å². The molecule has 0 N–H and O–H groups in total. The standard InChI is InChI=1S/C22H20N2O3S2/c25-20(23-12-6-7-13-23)15-24-21(26)19(29-22(24)27)14-16-8-4-5-11-18(16)28-17-9-2-1-3-10-17/h1-5,8-11,14H,6-7,12-13,15H2/b19-14-. The van der Waals surface area contributed by atoms with Gasteiger partial charge in [0, 0.05) is 22.9 Å². The van der Waals surface area contributed by atoms with E-state index in [2.05, 4.69) is 0 Å². The van der Waals surface area contributed by atoms with Gasteiger partial charge in [-0.15, -0.1) is 0 Å². The zero-order valence-corrected chi connectivity index (χ0v) is 17.4. The van der Waals surface area contributed by atoms with Gasteiger partial charge in [0.25, 0.3) is 11.1 Å². The third kappa shape index (κ3) is 4.57. The minimum Gasteiger partial charge on any atom is -0.341 e. The molecule has 4 rings (SSSR count). The fraction of sp³-hybridized carbons (Fsp3) is 0.227. The molecule has 0 radical (unpaired) electrons. The predicted octanol–water partition coefficient (Wildman–Crippen LogP) is 4.50. The fourth-order valence-electron chi connectivity index (χ4n) is 3.29. The molecule has 2 aromatic carbocycles. The van der Waals surface area contributed by atoms with Gasteiger partial charge in [-0.3, -0.25) is 19.3 Å². The first-order valence-electron chi connectivity index (χ1n) is 9.47. The van der Waals surface area contributed by atoms with Crippen molar-refractivity contribution in [2.75, 3.05) is 19.6 Å². The summed E-state index contributed by atoms with van der Waals surface area (Å²) in [6.45, 7) is 1.23.